The van der Waals surface area contributed by atoms with E-state index in [4.69, 9.17) is 27.9 Å². The summed E-state index contributed by atoms with van der Waals surface area (Å²) in [5, 5.41) is 5.00. The molecule has 2 aromatic rings. The van der Waals surface area contributed by atoms with Gasteiger partial charge in [0.25, 0.3) is 0 Å². The molecule has 6 rings (SSSR count). The Kier molecular flexibility index (Phi) is 5.31. The van der Waals surface area contributed by atoms with Crippen molar-refractivity contribution in [1.82, 2.24) is 5.32 Å². The first-order chi connectivity index (χ1) is 14.7. The van der Waals surface area contributed by atoms with Crippen LogP contribution in [0, 0.1) is 22.6 Å². The van der Waals surface area contributed by atoms with Crippen LogP contribution in [0.4, 0.5) is 4.39 Å². The lowest BCUT2D eigenvalue weighted by atomic mass is 9.43. The van der Waals surface area contributed by atoms with Gasteiger partial charge in [-0.15, -0.1) is 0 Å². The van der Waals surface area contributed by atoms with E-state index < -0.39 is 0 Å². The van der Waals surface area contributed by atoms with Gasteiger partial charge >= 0.3 is 0 Å². The van der Waals surface area contributed by atoms with Crippen LogP contribution < -0.4 is 10.1 Å². The maximum atomic E-state index is 14.2. The summed E-state index contributed by atoms with van der Waals surface area (Å²) in [4.78, 5) is 0. The van der Waals surface area contributed by atoms with Crippen LogP contribution in [0.1, 0.15) is 63.5 Å². The molecule has 0 heterocycles. The van der Waals surface area contributed by atoms with Crippen molar-refractivity contribution in [3.8, 4) is 5.75 Å². The molecule has 166 valence electrons. The number of benzene rings is 2. The quantitative estimate of drug-likeness (QED) is 0.479. The fourth-order valence-corrected chi connectivity index (χ4v) is 7.99. The van der Waals surface area contributed by atoms with Gasteiger partial charge < -0.3 is 10.1 Å². The van der Waals surface area contributed by atoms with Gasteiger partial charge in [0, 0.05) is 28.2 Å². The Morgan fingerprint density at radius 2 is 1.77 bits per heavy atom. The minimum absolute atomic E-state index is 0.0868. The fraction of sp³-hybridized carbons (Fsp3) is 0.538. The second kappa shape index (κ2) is 7.64. The van der Waals surface area contributed by atoms with Gasteiger partial charge in [0.15, 0.2) is 0 Å². The van der Waals surface area contributed by atoms with E-state index in [1.54, 1.807) is 12.1 Å². The van der Waals surface area contributed by atoms with Gasteiger partial charge in [-0.1, -0.05) is 43.1 Å². The SMILES string of the molecule is C[C@]12CC3CC(NCc4cc(Cl)ccc4OCc4c(F)cccc4Cl)(C1)C[C@@](C)(C3)C2. The molecule has 4 atom stereocenters. The highest BCUT2D eigenvalue weighted by atomic mass is 35.5. The first-order valence-corrected chi connectivity index (χ1v) is 12.0. The van der Waals surface area contributed by atoms with E-state index in [0.29, 0.717) is 33.0 Å². The van der Waals surface area contributed by atoms with Crippen molar-refractivity contribution in [2.24, 2.45) is 16.7 Å². The van der Waals surface area contributed by atoms with Crippen LogP contribution in [0.15, 0.2) is 36.4 Å². The van der Waals surface area contributed by atoms with Crippen molar-refractivity contribution >= 4 is 23.2 Å². The zero-order valence-electron chi connectivity index (χ0n) is 18.2. The predicted octanol–water partition coefficient (Wildman–Crippen LogP) is 7.55. The molecule has 2 aromatic carbocycles. The Balaban J connectivity index is 1.34. The highest BCUT2D eigenvalue weighted by Gasteiger charge is 2.59. The topological polar surface area (TPSA) is 21.3 Å². The molecule has 2 unspecified atom stereocenters. The molecule has 0 aromatic heterocycles. The molecule has 0 radical (unpaired) electrons. The number of rotatable bonds is 6. The van der Waals surface area contributed by atoms with E-state index >= 15 is 0 Å². The van der Waals surface area contributed by atoms with E-state index in [-0.39, 0.29) is 18.0 Å². The van der Waals surface area contributed by atoms with Crippen LogP contribution in [0.3, 0.4) is 0 Å². The van der Waals surface area contributed by atoms with Crippen LogP contribution in [0.5, 0.6) is 5.75 Å². The van der Waals surface area contributed by atoms with E-state index in [2.05, 4.69) is 19.2 Å². The molecule has 0 saturated heterocycles. The number of nitrogens with one attached hydrogen (secondary N) is 1. The van der Waals surface area contributed by atoms with Crippen LogP contribution in [0.2, 0.25) is 10.0 Å². The van der Waals surface area contributed by atoms with Crippen molar-refractivity contribution in [3.63, 3.8) is 0 Å². The van der Waals surface area contributed by atoms with E-state index in [1.807, 2.05) is 18.2 Å². The summed E-state index contributed by atoms with van der Waals surface area (Å²) in [5.41, 5.74) is 2.48. The molecule has 4 aliphatic rings. The lowest BCUT2D eigenvalue weighted by Gasteiger charge is -2.65. The van der Waals surface area contributed by atoms with Crippen molar-refractivity contribution in [2.75, 3.05) is 0 Å². The lowest BCUT2D eigenvalue weighted by Crippen LogP contribution is -2.63. The monoisotopic (exact) mass is 461 g/mol. The Bertz CT molecular complexity index is 971. The van der Waals surface area contributed by atoms with E-state index in [9.17, 15) is 4.39 Å². The maximum absolute atomic E-state index is 14.2. The molecule has 1 N–H and O–H groups in total. The van der Waals surface area contributed by atoms with Gasteiger partial charge in [0.1, 0.15) is 18.2 Å². The van der Waals surface area contributed by atoms with Crippen molar-refractivity contribution in [1.29, 1.82) is 0 Å². The Morgan fingerprint density at radius 1 is 1.03 bits per heavy atom. The third-order valence-electron chi connectivity index (χ3n) is 7.74. The summed E-state index contributed by atoms with van der Waals surface area (Å²) < 4.78 is 20.2. The van der Waals surface area contributed by atoms with Crippen LogP contribution in [-0.4, -0.2) is 5.54 Å². The van der Waals surface area contributed by atoms with Crippen molar-refractivity contribution < 1.29 is 9.13 Å². The zero-order chi connectivity index (χ0) is 21.9. The Labute approximate surface area is 194 Å². The van der Waals surface area contributed by atoms with Gasteiger partial charge in [-0.3, -0.25) is 0 Å². The molecule has 5 heteroatoms. The smallest absolute Gasteiger partial charge is 0.131 e. The molecule has 4 fully saturated rings. The number of ether oxygens (including phenoxy) is 1. The van der Waals surface area contributed by atoms with Gasteiger partial charge in [0.05, 0.1) is 5.02 Å². The van der Waals surface area contributed by atoms with Gasteiger partial charge in [-0.25, -0.2) is 4.39 Å². The average Bonchev–Trinajstić information content (AvgIpc) is 2.64. The molecule has 0 spiro atoms. The van der Waals surface area contributed by atoms with E-state index in [1.165, 1.54) is 44.6 Å². The molecule has 0 aliphatic heterocycles. The van der Waals surface area contributed by atoms with Gasteiger partial charge in [0.2, 0.25) is 0 Å². The van der Waals surface area contributed by atoms with Gasteiger partial charge in [-0.05, 0) is 85.6 Å². The fourth-order valence-electron chi connectivity index (χ4n) is 7.57. The molecule has 4 saturated carbocycles. The lowest BCUT2D eigenvalue weighted by molar-refractivity contribution is -0.118. The third-order valence-corrected chi connectivity index (χ3v) is 8.33. The highest BCUT2D eigenvalue weighted by molar-refractivity contribution is 6.31. The molecule has 0 amide bonds. The number of hydrogen-bond acceptors (Lipinski definition) is 2. The standard InChI is InChI=1S/C26H30Cl2FNO/c1-24-9-17-10-25(2,14-24)16-26(11-17,15-24)30-12-18-8-19(27)6-7-23(18)31-13-20-21(28)4-3-5-22(20)29/h3-8,17,30H,9-16H2,1-2H3/t17?,24-,25+,26?. The summed E-state index contributed by atoms with van der Waals surface area (Å²) in [7, 11) is 0. The maximum Gasteiger partial charge on any atom is 0.131 e. The van der Waals surface area contributed by atoms with Crippen LogP contribution >= 0.6 is 23.2 Å². The predicted molar refractivity (Wildman–Crippen MR) is 124 cm³/mol. The Hall–Kier alpha value is -1.29. The Morgan fingerprint density at radius 3 is 2.45 bits per heavy atom. The molecule has 31 heavy (non-hydrogen) atoms. The zero-order valence-corrected chi connectivity index (χ0v) is 19.8. The summed E-state index contributed by atoms with van der Waals surface area (Å²) >= 11 is 12.5. The molecule has 4 bridgehead atoms. The minimum Gasteiger partial charge on any atom is -0.488 e. The normalized spacial score (nSPS) is 33.6. The minimum atomic E-state index is -0.351. The molecule has 4 aliphatic carbocycles. The first kappa shape index (κ1) is 21.6. The summed E-state index contributed by atoms with van der Waals surface area (Å²) in [6, 6.07) is 10.3. The highest BCUT2D eigenvalue weighted by Crippen LogP contribution is 2.66. The third kappa shape index (κ3) is 4.21. The molecular formula is C26H30Cl2FNO. The van der Waals surface area contributed by atoms with E-state index in [0.717, 1.165) is 17.2 Å². The summed E-state index contributed by atoms with van der Waals surface area (Å²) in [6.07, 6.45) is 7.86. The largest absolute Gasteiger partial charge is 0.488 e. The van der Waals surface area contributed by atoms with Crippen molar-refractivity contribution in [3.05, 3.63) is 63.4 Å². The second-order valence-electron chi connectivity index (χ2n) is 11.0. The second-order valence-corrected chi connectivity index (χ2v) is 11.8. The van der Waals surface area contributed by atoms with Crippen LogP contribution in [-0.2, 0) is 13.2 Å². The summed E-state index contributed by atoms with van der Waals surface area (Å²) in [5.74, 6) is 1.20. The van der Waals surface area contributed by atoms with Gasteiger partial charge in [-0.2, -0.15) is 0 Å². The first-order valence-electron chi connectivity index (χ1n) is 11.3. The van der Waals surface area contributed by atoms with Crippen molar-refractivity contribution in [2.45, 2.75) is 71.1 Å². The number of halogens is 3. The summed E-state index contributed by atoms with van der Waals surface area (Å²) in [6.45, 7) is 5.75. The molecule has 2 nitrogen and oxygen atoms in total. The average molecular weight is 462 g/mol. The van der Waals surface area contributed by atoms with Crippen LogP contribution in [0.25, 0.3) is 0 Å². The molecular weight excluding hydrogens is 432 g/mol. The number of hydrogen-bond donors (Lipinski definition) is 1.